The van der Waals surface area contributed by atoms with Crippen molar-refractivity contribution < 1.29 is 36.2 Å². The predicted molar refractivity (Wildman–Crippen MR) is 53.9 cm³/mol. The lowest BCUT2D eigenvalue weighted by Gasteiger charge is -2.18. The minimum atomic E-state index is -4.72. The quantitative estimate of drug-likeness (QED) is 0.591. The first-order valence-corrected chi connectivity index (χ1v) is 5.53. The summed E-state index contributed by atoms with van der Waals surface area (Å²) >= 11 is 0. The number of carbonyl (C=O) groups excluding carboxylic acids is 1. The van der Waals surface area contributed by atoms with Crippen LogP contribution in [0.5, 0.6) is 0 Å². The first kappa shape index (κ1) is 15.9. The van der Waals surface area contributed by atoms with Crippen molar-refractivity contribution in [1.82, 2.24) is 4.90 Å². The predicted octanol–water partition coefficient (Wildman–Crippen LogP) is 2.43. The van der Waals surface area contributed by atoms with E-state index in [0.29, 0.717) is 0 Å². The highest BCUT2D eigenvalue weighted by molar-refractivity contribution is 5.60. The van der Waals surface area contributed by atoms with Crippen LogP contribution in [0.25, 0.3) is 0 Å². The molecular formula is C10H14F5NO3. The average molecular weight is 291 g/mol. The second-order valence-electron chi connectivity index (χ2n) is 4.54. The smallest absolute Gasteiger partial charge is 0.425 e. The second-order valence-corrected chi connectivity index (χ2v) is 4.54. The van der Waals surface area contributed by atoms with E-state index in [0.717, 1.165) is 0 Å². The van der Waals surface area contributed by atoms with E-state index in [4.69, 9.17) is 0 Å². The molecule has 19 heavy (non-hydrogen) atoms. The Hall–Kier alpha value is -1.12. The van der Waals surface area contributed by atoms with Crippen molar-refractivity contribution in [3.63, 3.8) is 0 Å². The van der Waals surface area contributed by atoms with Crippen LogP contribution in [0.15, 0.2) is 0 Å². The van der Waals surface area contributed by atoms with Gasteiger partial charge in [-0.25, -0.2) is 13.6 Å². The van der Waals surface area contributed by atoms with Gasteiger partial charge in [0.15, 0.2) is 12.7 Å². The van der Waals surface area contributed by atoms with Crippen molar-refractivity contribution in [2.24, 2.45) is 0 Å². The summed E-state index contributed by atoms with van der Waals surface area (Å²) in [6, 6.07) is -0.189. The van der Waals surface area contributed by atoms with Gasteiger partial charge >= 0.3 is 12.3 Å². The summed E-state index contributed by atoms with van der Waals surface area (Å²) in [5.74, 6) is -3.30. The lowest BCUT2D eigenvalue weighted by molar-refractivity contribution is -0.171. The van der Waals surface area contributed by atoms with Gasteiger partial charge in [0, 0.05) is 12.6 Å². The van der Waals surface area contributed by atoms with Crippen molar-refractivity contribution in [2.45, 2.75) is 38.1 Å². The number of likely N-dealkylation sites (tertiary alicyclic amines) is 1. The largest absolute Gasteiger partial charge is 0.509 e. The van der Waals surface area contributed by atoms with Crippen LogP contribution in [0.1, 0.15) is 13.8 Å². The Morgan fingerprint density at radius 1 is 1.42 bits per heavy atom. The first-order chi connectivity index (χ1) is 8.51. The Labute approximate surface area is 106 Å². The maximum Gasteiger partial charge on any atom is 0.509 e. The Morgan fingerprint density at radius 3 is 2.42 bits per heavy atom. The lowest BCUT2D eigenvalue weighted by atomic mass is 10.2. The fraction of sp³-hybridized carbons (Fsp3) is 0.900. The molecular weight excluding hydrogens is 277 g/mol. The molecule has 1 fully saturated rings. The average Bonchev–Trinajstić information content (AvgIpc) is 2.51. The van der Waals surface area contributed by atoms with E-state index in [-0.39, 0.29) is 12.6 Å². The molecule has 1 saturated heterocycles. The van der Waals surface area contributed by atoms with Gasteiger partial charge in [0.05, 0.1) is 6.54 Å². The first-order valence-electron chi connectivity index (χ1n) is 5.53. The fourth-order valence-electron chi connectivity index (χ4n) is 1.59. The minimum Gasteiger partial charge on any atom is -0.425 e. The maximum absolute atomic E-state index is 13.5. The van der Waals surface area contributed by atoms with Crippen LogP contribution in [0, 0.1) is 0 Å². The third-order valence-corrected chi connectivity index (χ3v) is 2.61. The van der Waals surface area contributed by atoms with E-state index in [1.165, 1.54) is 4.90 Å². The van der Waals surface area contributed by atoms with Crippen LogP contribution in [0.3, 0.4) is 0 Å². The van der Waals surface area contributed by atoms with Crippen LogP contribution in [0.2, 0.25) is 0 Å². The highest BCUT2D eigenvalue weighted by Gasteiger charge is 2.51. The van der Waals surface area contributed by atoms with Crippen LogP contribution in [0.4, 0.5) is 26.7 Å². The number of alkyl halides is 5. The van der Waals surface area contributed by atoms with Crippen LogP contribution >= 0.6 is 0 Å². The molecule has 0 saturated carbocycles. The molecule has 1 heterocycles. The number of hydrogen-bond acceptors (Lipinski definition) is 4. The summed E-state index contributed by atoms with van der Waals surface area (Å²) in [5.41, 5.74) is 0. The van der Waals surface area contributed by atoms with Gasteiger partial charge in [0.2, 0.25) is 0 Å². The molecule has 1 aliphatic rings. The Kier molecular flexibility index (Phi) is 4.59. The third-order valence-electron chi connectivity index (χ3n) is 2.61. The van der Waals surface area contributed by atoms with E-state index in [1.807, 2.05) is 0 Å². The molecule has 9 heteroatoms. The molecule has 0 amide bonds. The van der Waals surface area contributed by atoms with E-state index in [9.17, 15) is 26.7 Å². The molecule has 1 atom stereocenters. The normalized spacial score (nSPS) is 23.7. The van der Waals surface area contributed by atoms with Crippen molar-refractivity contribution in [2.75, 3.05) is 19.7 Å². The molecule has 1 rings (SSSR count). The summed E-state index contributed by atoms with van der Waals surface area (Å²) in [5, 5.41) is 0. The van der Waals surface area contributed by atoms with Crippen LogP contribution in [-0.2, 0) is 9.47 Å². The summed E-state index contributed by atoms with van der Waals surface area (Å²) in [6.45, 7) is 0.645. The van der Waals surface area contributed by atoms with Crippen LogP contribution < -0.4 is 0 Å². The summed E-state index contributed by atoms with van der Waals surface area (Å²) < 4.78 is 70.2. The van der Waals surface area contributed by atoms with Gasteiger partial charge in [-0.2, -0.15) is 13.2 Å². The molecule has 4 nitrogen and oxygen atoms in total. The molecule has 0 spiro atoms. The monoisotopic (exact) mass is 291 g/mol. The number of carbonyl (C=O) groups is 1. The molecule has 0 aromatic heterocycles. The SMILES string of the molecule is CC(C)N1C[C@@H](OC(=O)OCC(F)(F)F)C(F)(F)C1. The Morgan fingerprint density at radius 2 is 2.00 bits per heavy atom. The minimum absolute atomic E-state index is 0.189. The highest BCUT2D eigenvalue weighted by Crippen LogP contribution is 2.31. The number of nitrogens with zero attached hydrogens (tertiary/aromatic N) is 1. The van der Waals surface area contributed by atoms with Crippen molar-refractivity contribution >= 4 is 6.16 Å². The van der Waals surface area contributed by atoms with E-state index in [2.05, 4.69) is 9.47 Å². The zero-order valence-corrected chi connectivity index (χ0v) is 10.3. The molecule has 112 valence electrons. The topological polar surface area (TPSA) is 38.8 Å². The van der Waals surface area contributed by atoms with Gasteiger partial charge in [0.25, 0.3) is 5.92 Å². The summed E-state index contributed by atoms with van der Waals surface area (Å²) in [7, 11) is 0. The molecule has 0 unspecified atom stereocenters. The number of ether oxygens (including phenoxy) is 2. The lowest BCUT2D eigenvalue weighted by Crippen LogP contribution is -2.36. The van der Waals surface area contributed by atoms with E-state index in [1.54, 1.807) is 13.8 Å². The van der Waals surface area contributed by atoms with E-state index < -0.39 is 37.5 Å². The number of hydrogen-bond donors (Lipinski definition) is 0. The van der Waals surface area contributed by atoms with Gasteiger partial charge in [-0.1, -0.05) is 0 Å². The van der Waals surface area contributed by atoms with Gasteiger partial charge in [-0.15, -0.1) is 0 Å². The molecule has 0 bridgehead atoms. The molecule has 0 aromatic rings. The maximum atomic E-state index is 13.5. The molecule has 0 radical (unpaired) electrons. The van der Waals surface area contributed by atoms with Gasteiger partial charge < -0.3 is 9.47 Å². The molecule has 0 aromatic carbocycles. The standard InChI is InChI=1S/C10H14F5NO3/c1-6(2)16-3-7(9(11,12)4-16)19-8(17)18-5-10(13,14)15/h6-7H,3-5H2,1-2H3/t7-/m1/s1. The third kappa shape index (κ3) is 4.81. The summed E-state index contributed by atoms with van der Waals surface area (Å²) in [6.07, 6.45) is -8.26. The zero-order valence-electron chi connectivity index (χ0n) is 10.3. The molecule has 0 N–H and O–H groups in total. The highest BCUT2D eigenvalue weighted by atomic mass is 19.4. The van der Waals surface area contributed by atoms with Crippen molar-refractivity contribution in [3.8, 4) is 0 Å². The zero-order chi connectivity index (χ0) is 14.8. The Bertz CT molecular complexity index is 332. The van der Waals surface area contributed by atoms with Gasteiger partial charge in [-0.3, -0.25) is 4.90 Å². The molecule has 1 aliphatic heterocycles. The van der Waals surface area contributed by atoms with Crippen molar-refractivity contribution in [1.29, 1.82) is 0 Å². The fourth-order valence-corrected chi connectivity index (χ4v) is 1.59. The summed E-state index contributed by atoms with van der Waals surface area (Å²) in [4.78, 5) is 12.3. The number of halogens is 5. The Balaban J connectivity index is 2.50. The molecule has 0 aliphatic carbocycles. The number of rotatable bonds is 3. The second kappa shape index (κ2) is 5.48. The van der Waals surface area contributed by atoms with Crippen LogP contribution in [-0.4, -0.2) is 55.0 Å². The van der Waals surface area contributed by atoms with Gasteiger partial charge in [0.1, 0.15) is 0 Å². The van der Waals surface area contributed by atoms with Gasteiger partial charge in [-0.05, 0) is 13.8 Å². The van der Waals surface area contributed by atoms with E-state index >= 15 is 0 Å². The van der Waals surface area contributed by atoms with Crippen molar-refractivity contribution in [3.05, 3.63) is 0 Å².